The highest BCUT2D eigenvalue weighted by molar-refractivity contribution is 5.93. The zero-order valence-electron chi connectivity index (χ0n) is 21.7. The molecule has 0 bridgehead atoms. The van der Waals surface area contributed by atoms with Gasteiger partial charge < -0.3 is 5.32 Å². The van der Waals surface area contributed by atoms with Gasteiger partial charge in [0.25, 0.3) is 0 Å². The number of rotatable bonds is 3. The highest BCUT2D eigenvalue weighted by Crippen LogP contribution is 2.59. The number of aromatic nitrogens is 2. The number of hydrogen-bond acceptors (Lipinski definition) is 2. The SMILES string of the molecule is Cc1cccc(NC(=O)[C@@H]2C3CCC4=Cc5c(cnn5-c5ccc(F)cc5)C[C@]4(C)C3=CC[C@H]2C(F)(F)F)c1. The molecule has 4 nitrogen and oxygen atoms in total. The van der Waals surface area contributed by atoms with Gasteiger partial charge in [-0.15, -0.1) is 0 Å². The molecule has 0 spiro atoms. The number of aryl methyl sites for hydroxylation is 1. The molecule has 1 unspecified atom stereocenters. The van der Waals surface area contributed by atoms with Crippen LogP contribution in [0.1, 0.15) is 43.0 Å². The summed E-state index contributed by atoms with van der Waals surface area (Å²) in [6, 6.07) is 13.3. The van der Waals surface area contributed by atoms with E-state index in [2.05, 4.69) is 23.4 Å². The molecule has 39 heavy (non-hydrogen) atoms. The first kappa shape index (κ1) is 25.6. The Hall–Kier alpha value is -3.68. The third-order valence-corrected chi connectivity index (χ3v) is 8.75. The first-order chi connectivity index (χ1) is 18.5. The smallest absolute Gasteiger partial charge is 0.326 e. The molecule has 1 fully saturated rings. The molecule has 0 aliphatic heterocycles. The number of halogens is 4. The van der Waals surface area contributed by atoms with Crippen LogP contribution in [0.3, 0.4) is 0 Å². The Morgan fingerprint density at radius 2 is 1.92 bits per heavy atom. The van der Waals surface area contributed by atoms with Crippen LogP contribution >= 0.6 is 0 Å². The Bertz CT molecular complexity index is 1500. The number of alkyl halides is 3. The zero-order chi connectivity index (χ0) is 27.5. The van der Waals surface area contributed by atoms with Gasteiger partial charge in [-0.25, -0.2) is 9.07 Å². The second-order valence-electron chi connectivity index (χ2n) is 11.2. The summed E-state index contributed by atoms with van der Waals surface area (Å²) in [7, 11) is 0. The van der Waals surface area contributed by atoms with E-state index in [9.17, 15) is 22.4 Å². The van der Waals surface area contributed by atoms with E-state index in [1.807, 2.05) is 13.0 Å². The van der Waals surface area contributed by atoms with Gasteiger partial charge in [0.2, 0.25) is 5.91 Å². The maximum atomic E-state index is 14.3. The summed E-state index contributed by atoms with van der Waals surface area (Å²) in [5, 5.41) is 7.34. The van der Waals surface area contributed by atoms with E-state index in [4.69, 9.17) is 0 Å². The first-order valence-electron chi connectivity index (χ1n) is 13.2. The highest BCUT2D eigenvalue weighted by atomic mass is 19.4. The summed E-state index contributed by atoms with van der Waals surface area (Å²) in [5.41, 5.74) is 5.61. The molecule has 202 valence electrons. The summed E-state index contributed by atoms with van der Waals surface area (Å²) in [5.74, 6) is -4.34. The number of nitrogens with one attached hydrogen (secondary N) is 1. The summed E-state index contributed by atoms with van der Waals surface area (Å²) in [6.45, 7) is 3.96. The van der Waals surface area contributed by atoms with E-state index >= 15 is 0 Å². The van der Waals surface area contributed by atoms with E-state index in [-0.39, 0.29) is 12.2 Å². The van der Waals surface area contributed by atoms with Crippen molar-refractivity contribution in [1.29, 1.82) is 0 Å². The van der Waals surface area contributed by atoms with Gasteiger partial charge in [0, 0.05) is 11.1 Å². The number of amides is 1. The molecule has 3 aliphatic rings. The lowest BCUT2D eigenvalue weighted by atomic mass is 9.54. The quantitative estimate of drug-likeness (QED) is 0.280. The fourth-order valence-electron chi connectivity index (χ4n) is 6.88. The van der Waals surface area contributed by atoms with Crippen LogP contribution in [0.4, 0.5) is 23.2 Å². The third kappa shape index (κ3) is 4.39. The van der Waals surface area contributed by atoms with Gasteiger partial charge in [-0.1, -0.05) is 36.3 Å². The maximum absolute atomic E-state index is 14.3. The Kier molecular flexibility index (Phi) is 6.04. The van der Waals surface area contributed by atoms with Gasteiger partial charge in [0.05, 0.1) is 29.4 Å². The molecule has 1 saturated carbocycles. The molecule has 3 aromatic rings. The molecule has 0 radical (unpaired) electrons. The maximum Gasteiger partial charge on any atom is 0.392 e. The molecule has 1 N–H and O–H groups in total. The number of hydrogen-bond donors (Lipinski definition) is 1. The molecule has 8 heteroatoms. The third-order valence-electron chi connectivity index (χ3n) is 8.75. The van der Waals surface area contributed by atoms with E-state index in [1.54, 1.807) is 47.3 Å². The normalized spacial score (nSPS) is 26.1. The van der Waals surface area contributed by atoms with Gasteiger partial charge in [0.15, 0.2) is 0 Å². The lowest BCUT2D eigenvalue weighted by Gasteiger charge is -2.50. The lowest BCUT2D eigenvalue weighted by molar-refractivity contribution is -0.196. The number of benzene rings is 2. The topological polar surface area (TPSA) is 46.9 Å². The van der Waals surface area contributed by atoms with E-state index in [0.717, 1.165) is 33.7 Å². The van der Waals surface area contributed by atoms with Gasteiger partial charge in [-0.3, -0.25) is 4.79 Å². The van der Waals surface area contributed by atoms with Crippen molar-refractivity contribution in [1.82, 2.24) is 9.78 Å². The second-order valence-corrected chi connectivity index (χ2v) is 11.2. The van der Waals surface area contributed by atoms with E-state index < -0.39 is 35.3 Å². The number of carbonyl (C=O) groups is 1. The first-order valence-corrected chi connectivity index (χ1v) is 13.2. The summed E-state index contributed by atoms with van der Waals surface area (Å²) < 4.78 is 58.1. The van der Waals surface area contributed by atoms with Crippen LogP contribution in [0.5, 0.6) is 0 Å². The average Bonchev–Trinajstić information content (AvgIpc) is 3.28. The van der Waals surface area contributed by atoms with Crippen LogP contribution in [0.15, 0.2) is 72.0 Å². The minimum atomic E-state index is -4.48. The number of fused-ring (bicyclic) bond motifs is 4. The monoisotopic (exact) mass is 535 g/mol. The highest BCUT2D eigenvalue weighted by Gasteiger charge is 2.56. The van der Waals surface area contributed by atoms with Crippen molar-refractivity contribution in [2.75, 3.05) is 5.32 Å². The number of nitrogens with zero attached hydrogens (tertiary/aromatic N) is 2. The van der Waals surface area contributed by atoms with E-state index in [1.165, 1.54) is 12.1 Å². The summed E-state index contributed by atoms with van der Waals surface area (Å²) in [6.07, 6.45) is 2.56. The predicted molar refractivity (Wildman–Crippen MR) is 142 cm³/mol. The van der Waals surface area contributed by atoms with Crippen LogP contribution in [-0.2, 0) is 11.2 Å². The second kappa shape index (κ2) is 9.21. The van der Waals surface area contributed by atoms with Crippen LogP contribution < -0.4 is 5.32 Å². The van der Waals surface area contributed by atoms with Crippen molar-refractivity contribution in [3.8, 4) is 5.69 Å². The van der Waals surface area contributed by atoms with Crippen molar-refractivity contribution < 1.29 is 22.4 Å². The zero-order valence-corrected chi connectivity index (χ0v) is 21.7. The number of carbonyl (C=O) groups excluding carboxylic acids is 1. The summed E-state index contributed by atoms with van der Waals surface area (Å²) in [4.78, 5) is 13.5. The molecule has 1 aromatic heterocycles. The molecule has 4 atom stereocenters. The summed E-state index contributed by atoms with van der Waals surface area (Å²) >= 11 is 0. The van der Waals surface area contributed by atoms with Crippen LogP contribution in [0.2, 0.25) is 0 Å². The van der Waals surface area contributed by atoms with Gasteiger partial charge >= 0.3 is 6.18 Å². The predicted octanol–water partition coefficient (Wildman–Crippen LogP) is 7.44. The Morgan fingerprint density at radius 3 is 2.64 bits per heavy atom. The Labute approximate surface area is 224 Å². The fraction of sp³-hybridized carbons (Fsp3) is 0.355. The van der Waals surface area contributed by atoms with Gasteiger partial charge in [-0.05, 0) is 92.1 Å². The average molecular weight is 536 g/mol. The van der Waals surface area contributed by atoms with Crippen LogP contribution in [0, 0.1) is 35.9 Å². The molecule has 1 heterocycles. The van der Waals surface area contributed by atoms with Crippen molar-refractivity contribution in [2.24, 2.45) is 23.2 Å². The van der Waals surface area contributed by atoms with Crippen molar-refractivity contribution in [3.05, 3.63) is 94.6 Å². The van der Waals surface area contributed by atoms with Crippen molar-refractivity contribution in [3.63, 3.8) is 0 Å². The molecule has 0 saturated heterocycles. The molecule has 3 aliphatic carbocycles. The van der Waals surface area contributed by atoms with Gasteiger partial charge in [0.1, 0.15) is 5.82 Å². The molecular weight excluding hydrogens is 506 g/mol. The van der Waals surface area contributed by atoms with Gasteiger partial charge in [-0.2, -0.15) is 18.3 Å². The minimum absolute atomic E-state index is 0.216. The molecule has 1 amide bonds. The Morgan fingerprint density at radius 1 is 1.15 bits per heavy atom. The minimum Gasteiger partial charge on any atom is -0.326 e. The van der Waals surface area contributed by atoms with E-state index in [0.29, 0.717) is 24.9 Å². The number of anilines is 1. The Balaban J connectivity index is 1.35. The van der Waals surface area contributed by atoms with Crippen LogP contribution in [-0.4, -0.2) is 21.9 Å². The van der Waals surface area contributed by atoms with Crippen LogP contribution in [0.25, 0.3) is 11.8 Å². The molecule has 2 aromatic carbocycles. The largest absolute Gasteiger partial charge is 0.392 e. The molecular formula is C31H29F4N3O. The molecule has 6 rings (SSSR count). The standard InChI is InChI=1S/C31H29F4N3O/c1-18-4-3-5-22(14-18)37-29(39)28-24-11-6-20-15-27-19(17-36-38(27)23-9-7-21(32)8-10-23)16-30(20,2)25(24)12-13-26(28)31(33,34)35/h3-5,7-10,12,14-15,17,24,26,28H,6,11,13,16H2,1-2H3,(H,37,39)/t24?,26-,28-,30+/m1/s1. The lowest BCUT2D eigenvalue weighted by Crippen LogP contribution is -2.49. The number of allylic oxidation sites excluding steroid dienone is 3. The van der Waals surface area contributed by atoms with Crippen molar-refractivity contribution >= 4 is 17.7 Å². The van der Waals surface area contributed by atoms with Crippen molar-refractivity contribution in [2.45, 2.75) is 45.7 Å². The fourth-order valence-corrected chi connectivity index (χ4v) is 6.88.